The number of nitriles is 1. The molecule has 1 fully saturated rings. The van der Waals surface area contributed by atoms with Crippen molar-refractivity contribution in [1.29, 1.82) is 5.26 Å². The van der Waals surface area contributed by atoms with Gasteiger partial charge in [0.2, 0.25) is 0 Å². The monoisotopic (exact) mass is 263 g/mol. The van der Waals surface area contributed by atoms with Crippen LogP contribution in [0.2, 0.25) is 5.02 Å². The van der Waals surface area contributed by atoms with Crippen LogP contribution in [0.25, 0.3) is 5.70 Å². The Labute approximate surface area is 109 Å². The van der Waals surface area contributed by atoms with E-state index in [-0.39, 0.29) is 0 Å². The Balaban J connectivity index is 2.15. The molecular formula is C12H10ClN3S. The van der Waals surface area contributed by atoms with E-state index in [1.807, 2.05) is 6.07 Å². The molecule has 2 rings (SSSR count). The van der Waals surface area contributed by atoms with Gasteiger partial charge in [-0.3, -0.25) is 4.99 Å². The molecular weight excluding hydrogens is 254 g/mol. The summed E-state index contributed by atoms with van der Waals surface area (Å²) in [5.41, 5.74) is 7.72. The Bertz CT molecular complexity index is 527. The molecule has 0 aliphatic carbocycles. The lowest BCUT2D eigenvalue weighted by Crippen LogP contribution is -1.97. The first-order valence-electron chi connectivity index (χ1n) is 5.01. The summed E-state index contributed by atoms with van der Waals surface area (Å²) in [5.74, 6) is 1.09. The van der Waals surface area contributed by atoms with Crippen LogP contribution in [0.1, 0.15) is 11.1 Å². The molecule has 0 aromatic heterocycles. The molecule has 0 radical (unpaired) electrons. The Morgan fingerprint density at radius 2 is 2.41 bits per heavy atom. The fourth-order valence-electron chi connectivity index (χ4n) is 1.23. The third-order valence-electron chi connectivity index (χ3n) is 2.25. The highest BCUT2D eigenvalue weighted by molar-refractivity contribution is 8.06. The van der Waals surface area contributed by atoms with Crippen LogP contribution in [0.3, 0.4) is 0 Å². The zero-order valence-electron chi connectivity index (χ0n) is 8.93. The molecule has 17 heavy (non-hydrogen) atoms. The fourth-order valence-corrected chi connectivity index (χ4v) is 1.78. The molecule has 1 atom stereocenters. The molecule has 1 unspecified atom stereocenters. The van der Waals surface area contributed by atoms with Gasteiger partial charge in [-0.25, -0.2) is 0 Å². The van der Waals surface area contributed by atoms with Gasteiger partial charge in [0, 0.05) is 17.7 Å². The van der Waals surface area contributed by atoms with Crippen molar-refractivity contribution < 1.29 is 0 Å². The van der Waals surface area contributed by atoms with E-state index in [2.05, 4.69) is 4.99 Å². The van der Waals surface area contributed by atoms with Crippen LogP contribution in [0.15, 0.2) is 29.3 Å². The standard InChI is InChI=1S/C12H10ClN3S/c13-10-5-8(1-2-9(10)6-14)11(15)3-4-16-12-7-17-12/h1-5,12H,7,15H2. The Hall–Kier alpha value is -1.44. The van der Waals surface area contributed by atoms with Crippen LogP contribution >= 0.6 is 23.4 Å². The summed E-state index contributed by atoms with van der Waals surface area (Å²) in [6, 6.07) is 7.13. The van der Waals surface area contributed by atoms with E-state index in [1.165, 1.54) is 0 Å². The maximum absolute atomic E-state index is 8.75. The number of aliphatic imine (C=N–C) groups is 1. The van der Waals surface area contributed by atoms with Crippen molar-refractivity contribution in [3.05, 3.63) is 40.4 Å². The minimum absolute atomic E-state index is 0.406. The first-order valence-corrected chi connectivity index (χ1v) is 6.44. The highest BCUT2D eigenvalue weighted by atomic mass is 35.5. The first-order chi connectivity index (χ1) is 8.20. The van der Waals surface area contributed by atoms with E-state index in [9.17, 15) is 0 Å². The minimum Gasteiger partial charge on any atom is -0.398 e. The highest BCUT2D eigenvalue weighted by Gasteiger charge is 2.19. The molecule has 86 valence electrons. The molecule has 0 bridgehead atoms. The maximum atomic E-state index is 8.75. The Kier molecular flexibility index (Phi) is 3.72. The first kappa shape index (κ1) is 12.0. The van der Waals surface area contributed by atoms with Crippen LogP contribution in [0, 0.1) is 11.3 Å². The predicted octanol–water partition coefficient (Wildman–Crippen LogP) is 2.65. The summed E-state index contributed by atoms with van der Waals surface area (Å²) < 4.78 is 0. The molecule has 0 spiro atoms. The molecule has 1 aliphatic rings. The Morgan fingerprint density at radius 1 is 1.65 bits per heavy atom. The quantitative estimate of drug-likeness (QED) is 0.674. The molecule has 2 N–H and O–H groups in total. The second kappa shape index (κ2) is 5.26. The summed E-state index contributed by atoms with van der Waals surface area (Å²) in [6.45, 7) is 0. The lowest BCUT2D eigenvalue weighted by atomic mass is 10.1. The molecule has 3 nitrogen and oxygen atoms in total. The molecule has 1 aromatic carbocycles. The fraction of sp³-hybridized carbons (Fsp3) is 0.167. The lowest BCUT2D eigenvalue weighted by Gasteiger charge is -2.02. The molecule has 1 aliphatic heterocycles. The van der Waals surface area contributed by atoms with Gasteiger partial charge in [-0.2, -0.15) is 5.26 Å². The summed E-state index contributed by atoms with van der Waals surface area (Å²) >= 11 is 7.72. The van der Waals surface area contributed by atoms with Crippen molar-refractivity contribution in [2.45, 2.75) is 5.37 Å². The number of allylic oxidation sites excluding steroid dienone is 1. The van der Waals surface area contributed by atoms with Gasteiger partial charge in [-0.1, -0.05) is 17.7 Å². The van der Waals surface area contributed by atoms with Crippen LogP contribution in [0.4, 0.5) is 0 Å². The molecule has 1 heterocycles. The lowest BCUT2D eigenvalue weighted by molar-refractivity contribution is 1.17. The van der Waals surface area contributed by atoms with Crippen molar-refractivity contribution in [3.8, 4) is 6.07 Å². The van der Waals surface area contributed by atoms with E-state index in [0.29, 0.717) is 21.7 Å². The van der Waals surface area contributed by atoms with E-state index < -0.39 is 0 Å². The predicted molar refractivity (Wildman–Crippen MR) is 73.1 cm³/mol. The number of hydrogen-bond acceptors (Lipinski definition) is 4. The van der Waals surface area contributed by atoms with Gasteiger partial charge in [0.1, 0.15) is 11.4 Å². The summed E-state index contributed by atoms with van der Waals surface area (Å²) in [5, 5.41) is 9.57. The average molecular weight is 264 g/mol. The highest BCUT2D eigenvalue weighted by Crippen LogP contribution is 2.30. The summed E-state index contributed by atoms with van der Waals surface area (Å²) in [6.07, 6.45) is 3.46. The maximum Gasteiger partial charge on any atom is 0.104 e. The third-order valence-corrected chi connectivity index (χ3v) is 3.31. The molecule has 1 aromatic rings. The zero-order chi connectivity index (χ0) is 12.3. The van der Waals surface area contributed by atoms with E-state index in [1.54, 1.807) is 42.3 Å². The summed E-state index contributed by atoms with van der Waals surface area (Å²) in [4.78, 5) is 4.25. The summed E-state index contributed by atoms with van der Waals surface area (Å²) in [7, 11) is 0. The van der Waals surface area contributed by atoms with Crippen molar-refractivity contribution >= 4 is 35.3 Å². The number of rotatable bonds is 3. The van der Waals surface area contributed by atoms with E-state index in [0.717, 1.165) is 11.3 Å². The number of thioether (sulfide) groups is 1. The molecule has 0 amide bonds. The number of nitrogens with zero attached hydrogens (tertiary/aromatic N) is 2. The number of nitrogens with two attached hydrogens (primary N) is 1. The van der Waals surface area contributed by atoms with Gasteiger partial charge in [0.15, 0.2) is 0 Å². The second-order valence-electron chi connectivity index (χ2n) is 3.51. The smallest absolute Gasteiger partial charge is 0.104 e. The second-order valence-corrected chi connectivity index (χ2v) is 5.13. The van der Waals surface area contributed by atoms with Crippen LogP contribution < -0.4 is 5.73 Å². The van der Waals surface area contributed by atoms with Gasteiger partial charge in [-0.15, -0.1) is 11.8 Å². The van der Waals surface area contributed by atoms with E-state index in [4.69, 9.17) is 22.6 Å². The molecule has 5 heteroatoms. The average Bonchev–Trinajstić information content (AvgIpc) is 3.13. The van der Waals surface area contributed by atoms with Gasteiger partial charge in [0.25, 0.3) is 0 Å². The minimum atomic E-state index is 0.406. The van der Waals surface area contributed by atoms with Gasteiger partial charge in [-0.05, 0) is 23.8 Å². The normalized spacial score (nSPS) is 19.3. The zero-order valence-corrected chi connectivity index (χ0v) is 10.5. The van der Waals surface area contributed by atoms with Crippen LogP contribution in [-0.4, -0.2) is 17.3 Å². The number of hydrogen-bond donors (Lipinski definition) is 1. The van der Waals surface area contributed by atoms with Crippen molar-refractivity contribution in [2.75, 3.05) is 5.75 Å². The van der Waals surface area contributed by atoms with E-state index >= 15 is 0 Å². The van der Waals surface area contributed by atoms with Crippen molar-refractivity contribution in [1.82, 2.24) is 0 Å². The van der Waals surface area contributed by atoms with Crippen molar-refractivity contribution in [2.24, 2.45) is 10.7 Å². The van der Waals surface area contributed by atoms with Gasteiger partial charge in [0.05, 0.1) is 10.6 Å². The largest absolute Gasteiger partial charge is 0.398 e. The molecule has 0 saturated carbocycles. The third kappa shape index (κ3) is 3.26. The van der Waals surface area contributed by atoms with Crippen LogP contribution in [-0.2, 0) is 0 Å². The topological polar surface area (TPSA) is 62.2 Å². The number of halogens is 1. The Morgan fingerprint density at radius 3 is 3.00 bits per heavy atom. The van der Waals surface area contributed by atoms with Gasteiger partial charge < -0.3 is 5.73 Å². The van der Waals surface area contributed by atoms with Gasteiger partial charge >= 0.3 is 0 Å². The number of benzene rings is 1. The van der Waals surface area contributed by atoms with Crippen LogP contribution in [0.5, 0.6) is 0 Å². The SMILES string of the molecule is N#Cc1ccc(C(N)=CC=NC2CS2)cc1Cl. The van der Waals surface area contributed by atoms with Crippen molar-refractivity contribution in [3.63, 3.8) is 0 Å². The molecule has 1 saturated heterocycles.